The number of benzene rings is 2. The molecule has 2 aromatic carbocycles. The van der Waals surface area contributed by atoms with Gasteiger partial charge < -0.3 is 4.74 Å². The maximum absolute atomic E-state index is 10.5. The zero-order chi connectivity index (χ0) is 14.5. The maximum atomic E-state index is 10.5. The van der Waals surface area contributed by atoms with Crippen molar-refractivity contribution in [2.45, 2.75) is 6.61 Å². The Hall–Kier alpha value is -1.98. The van der Waals surface area contributed by atoms with Crippen LogP contribution in [-0.4, -0.2) is 9.97 Å². The predicted octanol–water partition coefficient (Wildman–Crippen LogP) is 4.14. The minimum atomic E-state index is -0.441. The van der Waals surface area contributed by atoms with Gasteiger partial charge in [-0.25, -0.2) is 0 Å². The minimum absolute atomic E-state index is 0.0500. The van der Waals surface area contributed by atoms with E-state index in [-0.39, 0.29) is 12.3 Å². The van der Waals surface area contributed by atoms with E-state index in [1.807, 2.05) is 0 Å². The molecule has 0 bridgehead atoms. The Bertz CT molecular complexity index is 626. The van der Waals surface area contributed by atoms with Crippen molar-refractivity contribution in [1.29, 1.82) is 0 Å². The number of thiocarbonyl (C=S) groups is 1. The molecule has 0 radical (unpaired) electrons. The van der Waals surface area contributed by atoms with E-state index in [9.17, 15) is 10.1 Å². The van der Waals surface area contributed by atoms with Crippen LogP contribution in [0, 0.1) is 10.1 Å². The van der Waals surface area contributed by atoms with Crippen LogP contribution >= 0.6 is 23.8 Å². The molecule has 0 unspecified atom stereocenters. The predicted molar refractivity (Wildman–Crippen MR) is 81.0 cm³/mol. The Morgan fingerprint density at radius 1 is 1.15 bits per heavy atom. The lowest BCUT2D eigenvalue weighted by Gasteiger charge is -2.07. The summed E-state index contributed by atoms with van der Waals surface area (Å²) >= 11 is 10.9. The average molecular weight is 308 g/mol. The van der Waals surface area contributed by atoms with Crippen LogP contribution in [0.2, 0.25) is 5.02 Å². The second-order valence-electron chi connectivity index (χ2n) is 4.01. The van der Waals surface area contributed by atoms with Gasteiger partial charge in [-0.3, -0.25) is 10.1 Å². The highest BCUT2D eigenvalue weighted by molar-refractivity contribution is 7.80. The molecule has 2 rings (SSSR count). The smallest absolute Gasteiger partial charge is 0.269 e. The second kappa shape index (κ2) is 6.45. The maximum Gasteiger partial charge on any atom is 0.269 e. The van der Waals surface area contributed by atoms with Crippen molar-refractivity contribution in [3.8, 4) is 0 Å². The first kappa shape index (κ1) is 14.4. The summed E-state index contributed by atoms with van der Waals surface area (Å²) in [6, 6.07) is 13.2. The highest BCUT2D eigenvalue weighted by Gasteiger charge is 2.06. The van der Waals surface area contributed by atoms with E-state index in [2.05, 4.69) is 0 Å². The molecule has 0 aromatic heterocycles. The van der Waals surface area contributed by atoms with Gasteiger partial charge in [0, 0.05) is 22.7 Å². The third-order valence-electron chi connectivity index (χ3n) is 2.60. The lowest BCUT2D eigenvalue weighted by molar-refractivity contribution is -0.384. The first-order valence-corrected chi connectivity index (χ1v) is 6.51. The first-order valence-electron chi connectivity index (χ1n) is 5.72. The molecule has 4 nitrogen and oxygen atoms in total. The second-order valence-corrected chi connectivity index (χ2v) is 4.81. The third-order valence-corrected chi connectivity index (χ3v) is 3.20. The van der Waals surface area contributed by atoms with E-state index in [0.29, 0.717) is 10.1 Å². The van der Waals surface area contributed by atoms with Gasteiger partial charge in [-0.1, -0.05) is 11.6 Å². The summed E-state index contributed by atoms with van der Waals surface area (Å²) in [5, 5.41) is 11.5. The summed E-state index contributed by atoms with van der Waals surface area (Å²) in [6.07, 6.45) is 0. The van der Waals surface area contributed by atoms with E-state index in [4.69, 9.17) is 28.6 Å². The zero-order valence-electron chi connectivity index (χ0n) is 10.3. The van der Waals surface area contributed by atoms with E-state index in [1.54, 1.807) is 36.4 Å². The lowest BCUT2D eigenvalue weighted by Crippen LogP contribution is -2.03. The summed E-state index contributed by atoms with van der Waals surface area (Å²) in [6.45, 7) is 0.263. The monoisotopic (exact) mass is 307 g/mol. The number of nitrogens with zero attached hydrogens (tertiary/aromatic N) is 1. The largest absolute Gasteiger partial charge is 0.478 e. The van der Waals surface area contributed by atoms with Crippen LogP contribution in [0.25, 0.3) is 0 Å². The molecular formula is C14H10ClNO3S. The standard InChI is InChI=1S/C14H10ClNO3S/c15-12-5-3-11(4-6-12)14(20)19-9-10-1-7-13(8-2-10)16(17)18/h1-8H,9H2. The Morgan fingerprint density at radius 2 is 1.75 bits per heavy atom. The Morgan fingerprint density at radius 3 is 2.30 bits per heavy atom. The van der Waals surface area contributed by atoms with Crippen LogP contribution < -0.4 is 0 Å². The molecular weight excluding hydrogens is 298 g/mol. The van der Waals surface area contributed by atoms with Gasteiger partial charge in [-0.2, -0.15) is 0 Å². The number of nitro groups is 1. The van der Waals surface area contributed by atoms with Gasteiger partial charge in [0.1, 0.15) is 6.61 Å². The molecule has 20 heavy (non-hydrogen) atoms. The van der Waals surface area contributed by atoms with Gasteiger partial charge in [-0.05, 0) is 54.2 Å². The molecule has 0 aliphatic carbocycles. The number of hydrogen-bond acceptors (Lipinski definition) is 4. The molecule has 102 valence electrons. The first-order chi connectivity index (χ1) is 9.56. The fourth-order valence-corrected chi connectivity index (χ4v) is 1.85. The highest BCUT2D eigenvalue weighted by Crippen LogP contribution is 2.15. The van der Waals surface area contributed by atoms with Gasteiger partial charge in [0.25, 0.3) is 5.69 Å². The Balaban J connectivity index is 1.96. The Labute approximate surface area is 126 Å². The number of hydrogen-bond donors (Lipinski definition) is 0. The molecule has 0 aliphatic rings. The van der Waals surface area contributed by atoms with Crippen LogP contribution in [0.3, 0.4) is 0 Å². The van der Waals surface area contributed by atoms with Crippen LogP contribution in [0.1, 0.15) is 11.1 Å². The highest BCUT2D eigenvalue weighted by atomic mass is 35.5. The van der Waals surface area contributed by atoms with Crippen LogP contribution in [0.4, 0.5) is 5.69 Å². The van der Waals surface area contributed by atoms with E-state index in [1.165, 1.54) is 12.1 Å². The number of non-ortho nitro benzene ring substituents is 1. The molecule has 0 amide bonds. The quantitative estimate of drug-likeness (QED) is 0.484. The minimum Gasteiger partial charge on any atom is -0.478 e. The molecule has 0 atom stereocenters. The zero-order valence-corrected chi connectivity index (χ0v) is 11.9. The fraction of sp³-hybridized carbons (Fsp3) is 0.0714. The molecule has 0 heterocycles. The van der Waals surface area contributed by atoms with Crippen molar-refractivity contribution in [2.75, 3.05) is 0 Å². The fourth-order valence-electron chi connectivity index (χ4n) is 1.53. The summed E-state index contributed by atoms with van der Waals surface area (Å²) < 4.78 is 5.47. The molecule has 6 heteroatoms. The summed E-state index contributed by atoms with van der Waals surface area (Å²) in [5.41, 5.74) is 1.63. The Kier molecular flexibility index (Phi) is 4.65. The van der Waals surface area contributed by atoms with Gasteiger partial charge in [0.05, 0.1) is 4.92 Å². The molecule has 2 aromatic rings. The van der Waals surface area contributed by atoms with Gasteiger partial charge in [0.15, 0.2) is 5.05 Å². The van der Waals surface area contributed by atoms with Crippen molar-refractivity contribution in [3.05, 3.63) is 74.8 Å². The van der Waals surface area contributed by atoms with Crippen LogP contribution in [0.15, 0.2) is 48.5 Å². The van der Waals surface area contributed by atoms with E-state index in [0.717, 1.165) is 11.1 Å². The topological polar surface area (TPSA) is 52.4 Å². The van der Waals surface area contributed by atoms with Crippen LogP contribution in [-0.2, 0) is 11.3 Å². The van der Waals surface area contributed by atoms with Gasteiger partial charge in [-0.15, -0.1) is 0 Å². The third kappa shape index (κ3) is 3.76. The number of rotatable bonds is 4. The van der Waals surface area contributed by atoms with E-state index >= 15 is 0 Å². The van der Waals surface area contributed by atoms with Crippen molar-refractivity contribution >= 4 is 34.6 Å². The summed E-state index contributed by atoms with van der Waals surface area (Å²) in [5.74, 6) is 0. The summed E-state index contributed by atoms with van der Waals surface area (Å²) in [4.78, 5) is 10.1. The van der Waals surface area contributed by atoms with Crippen molar-refractivity contribution in [3.63, 3.8) is 0 Å². The van der Waals surface area contributed by atoms with Gasteiger partial charge >= 0.3 is 0 Å². The molecule has 0 saturated carbocycles. The molecule has 0 fully saturated rings. The van der Waals surface area contributed by atoms with Crippen molar-refractivity contribution in [1.82, 2.24) is 0 Å². The molecule has 0 saturated heterocycles. The van der Waals surface area contributed by atoms with Crippen LogP contribution in [0.5, 0.6) is 0 Å². The number of nitro benzene ring substituents is 1. The van der Waals surface area contributed by atoms with E-state index < -0.39 is 4.92 Å². The lowest BCUT2D eigenvalue weighted by atomic mass is 10.2. The van der Waals surface area contributed by atoms with Crippen molar-refractivity contribution < 1.29 is 9.66 Å². The number of ether oxygens (including phenoxy) is 1. The van der Waals surface area contributed by atoms with Crippen molar-refractivity contribution in [2.24, 2.45) is 0 Å². The van der Waals surface area contributed by atoms with Gasteiger partial charge in [0.2, 0.25) is 0 Å². The molecule has 0 aliphatic heterocycles. The number of halogens is 1. The SMILES string of the molecule is O=[N+]([O-])c1ccc(COC(=S)c2ccc(Cl)cc2)cc1. The molecule has 0 spiro atoms. The molecule has 0 N–H and O–H groups in total. The average Bonchev–Trinajstić information content (AvgIpc) is 2.46. The summed E-state index contributed by atoms with van der Waals surface area (Å²) in [7, 11) is 0. The normalized spacial score (nSPS) is 10.1.